The molecule has 0 saturated heterocycles. The predicted molar refractivity (Wildman–Crippen MR) is 76.8 cm³/mol. The van der Waals surface area contributed by atoms with E-state index in [1.165, 1.54) is 0 Å². The van der Waals surface area contributed by atoms with Crippen molar-refractivity contribution in [2.24, 2.45) is 4.99 Å². The average molecular weight is 337 g/mol. The minimum Gasteiger partial charge on any atom is -0.481 e. The van der Waals surface area contributed by atoms with Crippen LogP contribution < -0.4 is 9.44 Å². The lowest BCUT2D eigenvalue weighted by Gasteiger charge is -2.14. The van der Waals surface area contributed by atoms with Crippen LogP contribution in [0.25, 0.3) is 0 Å². The number of unbranched alkanes of at least 4 members (excludes halogenated alkanes) is 1. The Morgan fingerprint density at radius 2 is 1.77 bits per heavy atom. The highest BCUT2D eigenvalue weighted by Crippen LogP contribution is 2.01. The molecule has 0 bridgehead atoms. The number of nitrogens with zero attached hydrogens (tertiary/aromatic N) is 1. The van der Waals surface area contributed by atoms with E-state index < -0.39 is 46.9 Å². The lowest BCUT2D eigenvalue weighted by molar-refractivity contribution is -0.140. The summed E-state index contributed by atoms with van der Waals surface area (Å²) in [6.45, 7) is 3.71. The summed E-state index contributed by atoms with van der Waals surface area (Å²) in [6.07, 6.45) is -0.0570. The molecule has 0 fully saturated rings. The second-order valence-corrected chi connectivity index (χ2v) is 5.82. The fourth-order valence-electron chi connectivity index (χ4n) is 1.43. The van der Waals surface area contributed by atoms with Crippen LogP contribution in [0.2, 0.25) is 0 Å². The number of carboxylic acid groups (broad SMARTS) is 2. The Bertz CT molecular complexity index is 518. The molecule has 0 heterocycles. The van der Waals surface area contributed by atoms with Crippen LogP contribution in [-0.4, -0.2) is 55.8 Å². The molecular formula is C11H19N3O7S. The molecule has 22 heavy (non-hydrogen) atoms. The zero-order chi connectivity index (χ0) is 17.2. The molecular weight excluding hydrogens is 318 g/mol. The van der Waals surface area contributed by atoms with Gasteiger partial charge in [0.05, 0.1) is 0 Å². The van der Waals surface area contributed by atoms with Crippen molar-refractivity contribution in [3.63, 3.8) is 0 Å². The minimum atomic E-state index is -4.37. The molecule has 11 heteroatoms. The zero-order valence-electron chi connectivity index (χ0n) is 11.8. The minimum absolute atomic E-state index is 0.0662. The lowest BCUT2D eigenvalue weighted by Crippen LogP contribution is -2.48. The highest BCUT2D eigenvalue weighted by molar-refractivity contribution is 7.88. The summed E-state index contributed by atoms with van der Waals surface area (Å²) in [5.41, 5.74) is 0. The summed E-state index contributed by atoms with van der Waals surface area (Å²) < 4.78 is 26.6. The predicted octanol–water partition coefficient (Wildman–Crippen LogP) is -0.874. The largest absolute Gasteiger partial charge is 0.481 e. The monoisotopic (exact) mass is 337 g/mol. The zero-order valence-corrected chi connectivity index (χ0v) is 12.6. The third-order valence-corrected chi connectivity index (χ3v) is 3.55. The molecule has 0 aromatic carbocycles. The summed E-state index contributed by atoms with van der Waals surface area (Å²) in [6, 6.07) is -1.63. The topological polar surface area (TPSA) is 162 Å². The Morgan fingerprint density at radius 3 is 2.27 bits per heavy atom. The molecule has 10 nitrogen and oxygen atoms in total. The number of carbonyl (C=O) groups excluding carboxylic acids is 1. The number of aliphatic carboxylic acids is 2. The molecule has 4 N–H and O–H groups in total. The van der Waals surface area contributed by atoms with Crippen molar-refractivity contribution in [2.75, 3.05) is 6.54 Å². The summed E-state index contributed by atoms with van der Waals surface area (Å²) >= 11 is 0. The van der Waals surface area contributed by atoms with Gasteiger partial charge < -0.3 is 15.2 Å². The quantitative estimate of drug-likeness (QED) is 0.265. The molecule has 126 valence electrons. The molecule has 0 spiro atoms. The van der Waals surface area contributed by atoms with Crippen molar-refractivity contribution in [3.8, 4) is 0 Å². The molecule has 1 amide bonds. The summed E-state index contributed by atoms with van der Waals surface area (Å²) in [5.74, 6) is -3.58. The van der Waals surface area contributed by atoms with Crippen LogP contribution in [0, 0.1) is 0 Å². The smallest absolute Gasteiger partial charge is 0.321 e. The van der Waals surface area contributed by atoms with E-state index in [0.29, 0.717) is 19.4 Å². The van der Waals surface area contributed by atoms with E-state index in [9.17, 15) is 22.8 Å². The van der Waals surface area contributed by atoms with Gasteiger partial charge in [-0.2, -0.15) is 13.1 Å². The SMILES string of the molecule is C=NCCCCC(=O)NS(=O)(=O)N[C@@H](CCC(=O)O)C(=O)O. The molecule has 0 aliphatic rings. The van der Waals surface area contributed by atoms with E-state index in [4.69, 9.17) is 10.2 Å². The Morgan fingerprint density at radius 1 is 1.14 bits per heavy atom. The maximum atomic E-state index is 11.6. The van der Waals surface area contributed by atoms with Crippen LogP contribution in [0.15, 0.2) is 4.99 Å². The fourth-order valence-corrected chi connectivity index (χ4v) is 2.48. The third kappa shape index (κ3) is 9.83. The van der Waals surface area contributed by atoms with Gasteiger partial charge in [-0.3, -0.25) is 14.4 Å². The molecule has 0 aromatic rings. The maximum Gasteiger partial charge on any atom is 0.321 e. The van der Waals surface area contributed by atoms with Gasteiger partial charge in [0.25, 0.3) is 0 Å². The molecule has 1 atom stereocenters. The van der Waals surface area contributed by atoms with Gasteiger partial charge in [0.1, 0.15) is 6.04 Å². The number of carbonyl (C=O) groups is 3. The van der Waals surface area contributed by atoms with Gasteiger partial charge in [-0.15, -0.1) is 0 Å². The van der Waals surface area contributed by atoms with Crippen molar-refractivity contribution in [1.82, 2.24) is 9.44 Å². The first-order valence-corrected chi connectivity index (χ1v) is 7.86. The highest BCUT2D eigenvalue weighted by atomic mass is 32.2. The molecule has 0 radical (unpaired) electrons. The lowest BCUT2D eigenvalue weighted by atomic mass is 10.2. The Hall–Kier alpha value is -2.01. The van der Waals surface area contributed by atoms with Crippen molar-refractivity contribution < 1.29 is 33.0 Å². The fraction of sp³-hybridized carbons (Fsp3) is 0.636. The van der Waals surface area contributed by atoms with Gasteiger partial charge in [-0.05, 0) is 26.0 Å². The van der Waals surface area contributed by atoms with Gasteiger partial charge in [0.2, 0.25) is 5.91 Å². The number of nitrogens with one attached hydrogen (secondary N) is 2. The number of hydrogen-bond donors (Lipinski definition) is 4. The molecule has 0 rings (SSSR count). The van der Waals surface area contributed by atoms with E-state index in [0.717, 1.165) is 0 Å². The second kappa shape index (κ2) is 9.84. The molecule has 0 unspecified atom stereocenters. The first kappa shape index (κ1) is 20.0. The standard InChI is InChI=1S/C11H19N3O7S/c1-12-7-3-2-4-9(15)14-22(20,21)13-8(11(18)19)5-6-10(16)17/h8,13H,1-7H2,(H,14,15)(H,16,17)(H,18,19)/t8-/m0/s1. The van der Waals surface area contributed by atoms with Gasteiger partial charge in [-0.25, -0.2) is 4.72 Å². The Kier molecular flexibility index (Phi) is 8.94. The van der Waals surface area contributed by atoms with Crippen molar-refractivity contribution in [3.05, 3.63) is 0 Å². The second-order valence-electron chi connectivity index (χ2n) is 4.37. The summed E-state index contributed by atoms with van der Waals surface area (Å²) in [7, 11) is -4.37. The van der Waals surface area contributed by atoms with Crippen molar-refractivity contribution in [1.29, 1.82) is 0 Å². The number of aliphatic imine (C=N–C) groups is 1. The summed E-state index contributed by atoms with van der Waals surface area (Å²) in [4.78, 5) is 36.3. The first-order chi connectivity index (χ1) is 10.2. The average Bonchev–Trinajstić information content (AvgIpc) is 2.38. The van der Waals surface area contributed by atoms with Crippen LogP contribution >= 0.6 is 0 Å². The normalized spacial score (nSPS) is 12.4. The first-order valence-electron chi connectivity index (χ1n) is 6.38. The van der Waals surface area contributed by atoms with Gasteiger partial charge in [0, 0.05) is 19.4 Å². The number of rotatable bonds is 12. The van der Waals surface area contributed by atoms with Gasteiger partial charge in [-0.1, -0.05) is 0 Å². The van der Waals surface area contributed by atoms with Gasteiger partial charge >= 0.3 is 22.1 Å². The van der Waals surface area contributed by atoms with E-state index >= 15 is 0 Å². The Balaban J connectivity index is 4.45. The maximum absolute atomic E-state index is 11.6. The van der Waals surface area contributed by atoms with E-state index in [2.05, 4.69) is 11.7 Å². The third-order valence-electron chi connectivity index (χ3n) is 2.46. The molecule has 0 aliphatic heterocycles. The summed E-state index contributed by atoms with van der Waals surface area (Å²) in [5, 5.41) is 17.3. The number of hydrogen-bond acceptors (Lipinski definition) is 6. The van der Waals surface area contributed by atoms with E-state index in [1.54, 1.807) is 9.44 Å². The number of carboxylic acids is 2. The number of amides is 1. The molecule has 0 saturated carbocycles. The highest BCUT2D eigenvalue weighted by Gasteiger charge is 2.25. The van der Waals surface area contributed by atoms with Gasteiger partial charge in [0.15, 0.2) is 0 Å². The molecule has 0 aliphatic carbocycles. The Labute approximate surface area is 127 Å². The van der Waals surface area contributed by atoms with Crippen molar-refractivity contribution in [2.45, 2.75) is 38.1 Å². The molecule has 0 aromatic heterocycles. The van der Waals surface area contributed by atoms with Crippen molar-refractivity contribution >= 4 is 34.8 Å². The van der Waals surface area contributed by atoms with Crippen LogP contribution in [0.4, 0.5) is 0 Å². The van der Waals surface area contributed by atoms with E-state index in [-0.39, 0.29) is 6.42 Å². The van der Waals surface area contributed by atoms with Crippen LogP contribution in [0.5, 0.6) is 0 Å². The van der Waals surface area contributed by atoms with Crippen LogP contribution in [0.1, 0.15) is 32.1 Å². The van der Waals surface area contributed by atoms with Crippen LogP contribution in [0.3, 0.4) is 0 Å². The van der Waals surface area contributed by atoms with Crippen LogP contribution in [-0.2, 0) is 24.6 Å². The van der Waals surface area contributed by atoms with E-state index in [1.807, 2.05) is 0 Å².